The molecule has 0 bridgehead atoms. The van der Waals surface area contributed by atoms with E-state index in [1.165, 1.54) is 51.6 Å². The molecule has 0 radical (unpaired) electrons. The van der Waals surface area contributed by atoms with Crippen LogP contribution in [0, 0.1) is 0 Å². The topological polar surface area (TPSA) is 26.0 Å². The Morgan fingerprint density at radius 3 is 2.82 bits per heavy atom. The Morgan fingerprint density at radius 2 is 1.95 bits per heavy atom. The summed E-state index contributed by atoms with van der Waals surface area (Å²) in [5.41, 5.74) is 8.98. The monoisotopic (exact) mass is 289 g/mol. The van der Waals surface area contributed by atoms with Crippen LogP contribution in [0.3, 0.4) is 0 Å². The Balaban J connectivity index is 1.97. The number of benzene rings is 2. The highest BCUT2D eigenvalue weighted by Gasteiger charge is 2.16. The second-order valence-corrected chi connectivity index (χ2v) is 6.77. The van der Waals surface area contributed by atoms with E-state index in [1.807, 2.05) is 0 Å². The normalized spacial score (nSPS) is 20.7. The molecule has 2 N–H and O–H groups in total. The number of fused-ring (bicyclic) bond motifs is 5. The van der Waals surface area contributed by atoms with Crippen molar-refractivity contribution in [3.8, 4) is 0 Å². The third kappa shape index (κ3) is 2.21. The van der Waals surface area contributed by atoms with Gasteiger partial charge in [0.1, 0.15) is 0 Å². The Hall–Kier alpha value is -1.86. The lowest BCUT2D eigenvalue weighted by molar-refractivity contribution is 0.617. The van der Waals surface area contributed by atoms with E-state index in [4.69, 9.17) is 5.73 Å². The van der Waals surface area contributed by atoms with Crippen LogP contribution in [0.2, 0.25) is 0 Å². The smallest absolute Gasteiger partial charge is 0.00418 e. The molecule has 0 saturated carbocycles. The first-order chi connectivity index (χ1) is 10.7. The van der Waals surface area contributed by atoms with Gasteiger partial charge in [-0.05, 0) is 64.9 Å². The first-order valence-corrected chi connectivity index (χ1v) is 8.43. The van der Waals surface area contributed by atoms with Gasteiger partial charge in [-0.1, -0.05) is 48.6 Å². The quantitative estimate of drug-likeness (QED) is 0.903. The Kier molecular flexibility index (Phi) is 3.38. The second kappa shape index (κ2) is 5.40. The van der Waals surface area contributed by atoms with Crippen molar-refractivity contribution >= 4 is 22.9 Å². The fraction of sp³-hybridized carbons (Fsp3) is 0.333. The molecule has 112 valence electrons. The van der Waals surface area contributed by atoms with E-state index in [0.717, 1.165) is 6.42 Å². The summed E-state index contributed by atoms with van der Waals surface area (Å²) in [6.45, 7) is 2.10. The first-order valence-electron chi connectivity index (χ1n) is 8.43. The van der Waals surface area contributed by atoms with Gasteiger partial charge in [0.05, 0.1) is 0 Å². The van der Waals surface area contributed by atoms with Gasteiger partial charge >= 0.3 is 0 Å². The van der Waals surface area contributed by atoms with Crippen molar-refractivity contribution in [3.63, 3.8) is 0 Å². The number of hydrogen-bond acceptors (Lipinski definition) is 1. The molecule has 22 heavy (non-hydrogen) atoms. The molecule has 0 heterocycles. The number of hydrogen-bond donors (Lipinski definition) is 1. The number of rotatable bonds is 2. The summed E-state index contributed by atoms with van der Waals surface area (Å²) in [7, 11) is 0. The van der Waals surface area contributed by atoms with Crippen LogP contribution in [0.15, 0.2) is 36.4 Å². The summed E-state index contributed by atoms with van der Waals surface area (Å²) in [5, 5.41) is 5.68. The Labute approximate surface area is 131 Å². The lowest BCUT2D eigenvalue weighted by atomic mass is 9.85. The summed E-state index contributed by atoms with van der Waals surface area (Å²) in [6, 6.07) is 9.54. The zero-order chi connectivity index (χ0) is 15.1. The molecule has 2 atom stereocenters. The van der Waals surface area contributed by atoms with Crippen LogP contribution in [0.25, 0.3) is 22.9 Å². The van der Waals surface area contributed by atoms with Crippen LogP contribution in [0.5, 0.6) is 0 Å². The minimum atomic E-state index is 0.230. The molecule has 2 aliphatic rings. The average molecular weight is 289 g/mol. The summed E-state index contributed by atoms with van der Waals surface area (Å²) < 4.78 is 0. The number of allylic oxidation sites excluding steroid dienone is 2. The van der Waals surface area contributed by atoms with E-state index in [0.29, 0.717) is 5.92 Å². The SMILES string of the molecule is CC(N)CC1C=CC=c2c1ccc1c3c(ccc21)CCCC=3. The van der Waals surface area contributed by atoms with Crippen molar-refractivity contribution < 1.29 is 0 Å². The third-order valence-electron chi connectivity index (χ3n) is 5.04. The van der Waals surface area contributed by atoms with Gasteiger partial charge < -0.3 is 5.73 Å². The van der Waals surface area contributed by atoms with Gasteiger partial charge in [-0.15, -0.1) is 0 Å². The van der Waals surface area contributed by atoms with E-state index in [1.54, 1.807) is 0 Å². The van der Waals surface area contributed by atoms with Gasteiger partial charge in [0.2, 0.25) is 0 Å². The molecule has 2 aromatic carbocycles. The third-order valence-corrected chi connectivity index (χ3v) is 5.04. The highest BCUT2D eigenvalue weighted by molar-refractivity contribution is 5.87. The molecule has 0 spiro atoms. The maximum atomic E-state index is 6.04. The molecule has 0 saturated heterocycles. The van der Waals surface area contributed by atoms with Crippen molar-refractivity contribution in [1.29, 1.82) is 0 Å². The summed E-state index contributed by atoms with van der Waals surface area (Å²) in [4.78, 5) is 0. The van der Waals surface area contributed by atoms with Crippen LogP contribution in [-0.4, -0.2) is 6.04 Å². The molecule has 0 fully saturated rings. The van der Waals surface area contributed by atoms with Crippen molar-refractivity contribution in [3.05, 3.63) is 58.0 Å². The highest BCUT2D eigenvalue weighted by Crippen LogP contribution is 2.25. The zero-order valence-corrected chi connectivity index (χ0v) is 13.2. The minimum Gasteiger partial charge on any atom is -0.328 e. The van der Waals surface area contributed by atoms with Gasteiger partial charge in [-0.3, -0.25) is 0 Å². The van der Waals surface area contributed by atoms with Crippen molar-refractivity contribution in [1.82, 2.24) is 0 Å². The molecular weight excluding hydrogens is 266 g/mol. The van der Waals surface area contributed by atoms with Crippen LogP contribution < -0.4 is 16.2 Å². The molecule has 2 aromatic rings. The first kappa shape index (κ1) is 13.8. The van der Waals surface area contributed by atoms with Crippen molar-refractivity contribution in [2.75, 3.05) is 0 Å². The van der Waals surface area contributed by atoms with Crippen LogP contribution >= 0.6 is 0 Å². The van der Waals surface area contributed by atoms with Gasteiger partial charge in [0.15, 0.2) is 0 Å². The molecule has 1 nitrogen and oxygen atoms in total. The fourth-order valence-electron chi connectivity index (χ4n) is 4.02. The van der Waals surface area contributed by atoms with E-state index >= 15 is 0 Å². The Bertz CT molecular complexity index is 871. The largest absolute Gasteiger partial charge is 0.328 e. The summed E-state index contributed by atoms with van der Waals surface area (Å²) in [6.07, 6.45) is 13.9. The zero-order valence-electron chi connectivity index (χ0n) is 13.2. The van der Waals surface area contributed by atoms with E-state index in [-0.39, 0.29) is 6.04 Å². The number of nitrogens with two attached hydrogens (primary N) is 1. The summed E-state index contributed by atoms with van der Waals surface area (Å²) in [5.74, 6) is 0.449. The van der Waals surface area contributed by atoms with Crippen molar-refractivity contribution in [2.45, 2.75) is 44.6 Å². The Morgan fingerprint density at radius 1 is 1.14 bits per heavy atom. The molecule has 4 rings (SSSR count). The number of aryl methyl sites for hydroxylation is 1. The van der Waals surface area contributed by atoms with Crippen LogP contribution in [0.1, 0.15) is 43.2 Å². The van der Waals surface area contributed by atoms with E-state index < -0.39 is 0 Å². The standard InChI is InChI=1S/C21H23N/c1-14(22)13-16-6-4-8-19-18(16)11-12-20-17-7-3-2-5-15(17)9-10-21(19)20/h4,6-12,14,16H,2-3,5,13,22H2,1H3. The van der Waals surface area contributed by atoms with Gasteiger partial charge in [0, 0.05) is 12.0 Å². The molecule has 0 aromatic heterocycles. The van der Waals surface area contributed by atoms with Crippen LogP contribution in [0.4, 0.5) is 0 Å². The van der Waals surface area contributed by atoms with Crippen LogP contribution in [-0.2, 0) is 6.42 Å². The van der Waals surface area contributed by atoms with E-state index in [2.05, 4.69) is 55.5 Å². The molecule has 2 unspecified atom stereocenters. The molecular formula is C21H23N. The van der Waals surface area contributed by atoms with Gasteiger partial charge in [-0.2, -0.15) is 0 Å². The van der Waals surface area contributed by atoms with Crippen molar-refractivity contribution in [2.24, 2.45) is 5.73 Å². The molecule has 2 aliphatic carbocycles. The maximum Gasteiger partial charge on any atom is 0.00418 e. The fourth-order valence-corrected chi connectivity index (χ4v) is 4.02. The highest BCUT2D eigenvalue weighted by atomic mass is 14.6. The lowest BCUT2D eigenvalue weighted by Crippen LogP contribution is -2.24. The molecule has 0 aliphatic heterocycles. The average Bonchev–Trinajstić information content (AvgIpc) is 2.54. The predicted molar refractivity (Wildman–Crippen MR) is 95.2 cm³/mol. The minimum absolute atomic E-state index is 0.230. The maximum absolute atomic E-state index is 6.04. The molecule has 1 heteroatoms. The summed E-state index contributed by atoms with van der Waals surface area (Å²) >= 11 is 0. The molecule has 0 amide bonds. The lowest BCUT2D eigenvalue weighted by Gasteiger charge is -2.21. The predicted octanol–water partition coefficient (Wildman–Crippen LogP) is 3.13. The van der Waals surface area contributed by atoms with Gasteiger partial charge in [0.25, 0.3) is 0 Å². The van der Waals surface area contributed by atoms with E-state index in [9.17, 15) is 0 Å². The second-order valence-electron chi connectivity index (χ2n) is 6.77. The van der Waals surface area contributed by atoms with Gasteiger partial charge in [-0.25, -0.2) is 0 Å².